The molecule has 0 aromatic rings. The minimum Gasteiger partial charge on any atom is -0.417 e. The second-order valence-corrected chi connectivity index (χ2v) is 17.4. The number of unbranched alkanes of at least 4 members (excludes halogenated alkanes) is 4. The summed E-state index contributed by atoms with van der Waals surface area (Å²) >= 11 is 0. The highest BCUT2D eigenvalue weighted by atomic mass is 28.4. The van der Waals surface area contributed by atoms with Crippen LogP contribution in [0, 0.1) is 0 Å². The van der Waals surface area contributed by atoms with E-state index >= 15 is 0 Å². The van der Waals surface area contributed by atoms with Crippen molar-refractivity contribution in [2.45, 2.75) is 136 Å². The van der Waals surface area contributed by atoms with Gasteiger partial charge in [0.1, 0.15) is 0 Å². The third-order valence-corrected chi connectivity index (χ3v) is 17.7. The first kappa shape index (κ1) is 27.4. The van der Waals surface area contributed by atoms with E-state index in [1.165, 1.54) is 81.2 Å². The van der Waals surface area contributed by atoms with Crippen LogP contribution in [0.15, 0.2) is 0 Å². The number of rotatable bonds is 20. The van der Waals surface area contributed by atoms with E-state index < -0.39 is 16.6 Å². The third-order valence-electron chi connectivity index (χ3n) is 5.81. The van der Waals surface area contributed by atoms with Crippen molar-refractivity contribution >= 4 is 16.6 Å². The van der Waals surface area contributed by atoms with E-state index in [0.717, 1.165) is 26.1 Å². The normalized spacial score (nSPS) is 12.7. The number of hydrogen-bond acceptors (Lipinski definition) is 2. The fourth-order valence-corrected chi connectivity index (χ4v) is 18.9. The van der Waals surface area contributed by atoms with Crippen LogP contribution in [-0.2, 0) is 8.85 Å². The maximum Gasteiger partial charge on any atom is 0.192 e. The second-order valence-electron chi connectivity index (χ2n) is 8.65. The summed E-state index contributed by atoms with van der Waals surface area (Å²) in [5, 5.41) is 0. The maximum absolute atomic E-state index is 6.87. The molecule has 0 unspecified atom stereocenters. The lowest BCUT2D eigenvalue weighted by Gasteiger charge is -2.41. The summed E-state index contributed by atoms with van der Waals surface area (Å²) in [6.45, 7) is 15.8. The van der Waals surface area contributed by atoms with Gasteiger partial charge < -0.3 is 8.85 Å². The van der Waals surface area contributed by atoms with Gasteiger partial charge in [-0.25, -0.2) is 0 Å². The minimum atomic E-state index is -1.71. The van der Waals surface area contributed by atoms with Crippen molar-refractivity contribution in [1.82, 2.24) is 0 Å². The summed E-state index contributed by atoms with van der Waals surface area (Å²) in [4.78, 5) is 0. The smallest absolute Gasteiger partial charge is 0.192 e. The van der Waals surface area contributed by atoms with Crippen LogP contribution >= 0.6 is 0 Å². The van der Waals surface area contributed by atoms with E-state index in [9.17, 15) is 0 Å². The summed E-state index contributed by atoms with van der Waals surface area (Å²) in [5.74, 6) is 0. The molecule has 164 valence electrons. The van der Waals surface area contributed by atoms with E-state index in [1.807, 2.05) is 0 Å². The van der Waals surface area contributed by atoms with Gasteiger partial charge in [-0.2, -0.15) is 0 Å². The van der Waals surface area contributed by atoms with Crippen molar-refractivity contribution in [2.75, 3.05) is 13.2 Å². The molecule has 0 amide bonds. The molecule has 0 fully saturated rings. The molecular weight excluding hydrogens is 364 g/mol. The Labute approximate surface area is 174 Å². The Balaban J connectivity index is 5.66. The van der Waals surface area contributed by atoms with Crippen LogP contribution in [0.1, 0.15) is 106 Å². The average molecular weight is 417 g/mol. The van der Waals surface area contributed by atoms with Crippen LogP contribution in [0.2, 0.25) is 29.8 Å². The summed E-state index contributed by atoms with van der Waals surface area (Å²) < 4.78 is 13.7. The van der Waals surface area contributed by atoms with Gasteiger partial charge in [0.15, 0.2) is 16.6 Å². The Bertz CT molecular complexity index is 250. The molecule has 0 heterocycles. The fourth-order valence-electron chi connectivity index (χ4n) is 4.21. The molecule has 0 rings (SSSR count). The summed E-state index contributed by atoms with van der Waals surface area (Å²) in [6, 6.07) is 5.47. The fraction of sp³-hybridized carbons (Fsp3) is 1.00. The monoisotopic (exact) mass is 416 g/mol. The molecule has 4 heteroatoms. The molecule has 0 aliphatic carbocycles. The maximum atomic E-state index is 6.87. The van der Waals surface area contributed by atoms with E-state index in [-0.39, 0.29) is 0 Å². The highest BCUT2D eigenvalue weighted by Gasteiger charge is 2.45. The quantitative estimate of drug-likeness (QED) is 0.185. The minimum absolute atomic E-state index is 0.972. The van der Waals surface area contributed by atoms with Crippen LogP contribution < -0.4 is 0 Å². The first-order valence-electron chi connectivity index (χ1n) is 12.3. The highest BCUT2D eigenvalue weighted by molar-refractivity contribution is 6.91. The topological polar surface area (TPSA) is 18.5 Å². The predicted octanol–water partition coefficient (Wildman–Crippen LogP) is 8.47. The Kier molecular flexibility index (Phi) is 17.5. The van der Waals surface area contributed by atoms with Gasteiger partial charge in [-0.1, -0.05) is 92.9 Å². The van der Waals surface area contributed by atoms with E-state index in [1.54, 1.807) is 0 Å². The summed E-state index contributed by atoms with van der Waals surface area (Å²) in [7, 11) is -3.41. The van der Waals surface area contributed by atoms with Gasteiger partial charge in [-0.05, 0) is 42.7 Å². The lowest BCUT2D eigenvalue weighted by atomic mass is 10.4. The first-order chi connectivity index (χ1) is 13.1. The largest absolute Gasteiger partial charge is 0.417 e. The van der Waals surface area contributed by atoms with Crippen molar-refractivity contribution in [1.29, 1.82) is 0 Å². The van der Waals surface area contributed by atoms with Gasteiger partial charge in [0, 0.05) is 13.2 Å². The Hall–Kier alpha value is 0.354. The Morgan fingerprint density at radius 1 is 0.444 bits per heavy atom. The van der Waals surface area contributed by atoms with E-state index in [4.69, 9.17) is 8.85 Å². The van der Waals surface area contributed by atoms with Crippen molar-refractivity contribution < 1.29 is 8.85 Å². The van der Waals surface area contributed by atoms with Crippen LogP contribution in [-0.4, -0.2) is 29.8 Å². The zero-order valence-electron chi connectivity index (χ0n) is 19.8. The molecule has 0 bridgehead atoms. The molecule has 0 saturated carbocycles. The lowest BCUT2D eigenvalue weighted by molar-refractivity contribution is 0.280. The SMILES string of the molecule is CCCC[Si](CCCC)(C[Si](CCCC)(CCCC)OCCC)OCCC. The van der Waals surface area contributed by atoms with Crippen molar-refractivity contribution in [3.63, 3.8) is 0 Å². The van der Waals surface area contributed by atoms with Crippen molar-refractivity contribution in [2.24, 2.45) is 0 Å². The summed E-state index contributed by atoms with van der Waals surface area (Å²) in [5.41, 5.74) is 1.38. The van der Waals surface area contributed by atoms with Gasteiger partial charge in [-0.15, -0.1) is 0 Å². The molecule has 0 aromatic heterocycles. The molecule has 0 radical (unpaired) electrons. The second kappa shape index (κ2) is 17.2. The molecule has 2 nitrogen and oxygen atoms in total. The molecule has 0 aliphatic heterocycles. The van der Waals surface area contributed by atoms with Gasteiger partial charge in [0.05, 0.1) is 0 Å². The standard InChI is InChI=1S/C23H52O2Si2/c1-7-13-19-26(20-14-8-2,24-17-11-5)23-27(21-15-9-3,22-16-10-4)25-18-12-6/h7-23H2,1-6H3. The predicted molar refractivity (Wildman–Crippen MR) is 128 cm³/mol. The number of hydrogen-bond donors (Lipinski definition) is 0. The molecule has 0 aromatic carbocycles. The molecular formula is C23H52O2Si2. The lowest BCUT2D eigenvalue weighted by Crippen LogP contribution is -2.51. The van der Waals surface area contributed by atoms with Gasteiger partial charge in [0.2, 0.25) is 0 Å². The summed E-state index contributed by atoms with van der Waals surface area (Å²) in [6.07, 6.45) is 12.9. The van der Waals surface area contributed by atoms with Crippen molar-refractivity contribution in [3.05, 3.63) is 0 Å². The molecule has 0 atom stereocenters. The third kappa shape index (κ3) is 11.8. The molecule has 0 saturated heterocycles. The van der Waals surface area contributed by atoms with Crippen LogP contribution in [0.5, 0.6) is 0 Å². The molecule has 0 spiro atoms. The first-order valence-corrected chi connectivity index (χ1v) is 17.4. The van der Waals surface area contributed by atoms with Gasteiger partial charge >= 0.3 is 0 Å². The van der Waals surface area contributed by atoms with E-state index in [0.29, 0.717) is 0 Å². The van der Waals surface area contributed by atoms with Gasteiger partial charge in [0.25, 0.3) is 0 Å². The highest BCUT2D eigenvalue weighted by Crippen LogP contribution is 2.38. The molecule has 0 N–H and O–H groups in total. The van der Waals surface area contributed by atoms with E-state index in [2.05, 4.69) is 41.5 Å². The van der Waals surface area contributed by atoms with Gasteiger partial charge in [-0.3, -0.25) is 0 Å². The Morgan fingerprint density at radius 2 is 0.741 bits per heavy atom. The molecule has 27 heavy (non-hydrogen) atoms. The molecule has 0 aliphatic rings. The van der Waals surface area contributed by atoms with Crippen LogP contribution in [0.25, 0.3) is 0 Å². The zero-order valence-corrected chi connectivity index (χ0v) is 21.8. The average Bonchev–Trinajstić information content (AvgIpc) is 2.70. The zero-order chi connectivity index (χ0) is 20.4. The Morgan fingerprint density at radius 3 is 0.963 bits per heavy atom. The van der Waals surface area contributed by atoms with Crippen molar-refractivity contribution in [3.8, 4) is 0 Å². The van der Waals surface area contributed by atoms with Crippen LogP contribution in [0.4, 0.5) is 0 Å². The van der Waals surface area contributed by atoms with Crippen LogP contribution in [0.3, 0.4) is 0 Å².